The third-order valence-electron chi connectivity index (χ3n) is 3.68. The first-order chi connectivity index (χ1) is 9.54. The maximum atomic E-state index is 12.0. The van der Waals surface area contributed by atoms with E-state index in [1.807, 2.05) is 13.8 Å². The third-order valence-corrected chi connectivity index (χ3v) is 3.68. The van der Waals surface area contributed by atoms with Crippen molar-refractivity contribution in [2.75, 3.05) is 14.2 Å². The van der Waals surface area contributed by atoms with E-state index < -0.39 is 17.5 Å². The van der Waals surface area contributed by atoms with Crippen molar-refractivity contribution in [1.29, 1.82) is 0 Å². The Morgan fingerprint density at radius 1 is 1.25 bits per heavy atom. The third kappa shape index (κ3) is 1.90. The molecule has 1 atom stereocenters. The van der Waals surface area contributed by atoms with E-state index in [1.54, 1.807) is 13.0 Å². The maximum absolute atomic E-state index is 12.0. The zero-order valence-corrected chi connectivity index (χ0v) is 12.6. The zero-order chi connectivity index (χ0) is 15.5. The van der Waals surface area contributed by atoms with Gasteiger partial charge in [-0.15, -0.1) is 0 Å². The molecule has 0 spiro atoms. The summed E-state index contributed by atoms with van der Waals surface area (Å²) in [5.41, 5.74) is -0.956. The number of hydrogen-bond acceptors (Lipinski definition) is 5. The number of fused-ring (bicyclic) bond motifs is 1. The van der Waals surface area contributed by atoms with Crippen LogP contribution in [0.1, 0.15) is 33.6 Å². The minimum absolute atomic E-state index is 0.180. The second-order valence-electron chi connectivity index (χ2n) is 4.32. The van der Waals surface area contributed by atoms with E-state index in [4.69, 9.17) is 0 Å². The molecular weight excluding hydrogens is 262 g/mol. The Hall–Kier alpha value is -1.85. The smallest absolute Gasteiger partial charge is 0.343 e. The van der Waals surface area contributed by atoms with Crippen LogP contribution >= 0.6 is 0 Å². The molecule has 1 amide bonds. The van der Waals surface area contributed by atoms with E-state index in [2.05, 4.69) is 9.47 Å². The molecule has 2 fully saturated rings. The maximum Gasteiger partial charge on any atom is 0.343 e. The average molecular weight is 283 g/mol. The number of esters is 2. The molecule has 2 heterocycles. The van der Waals surface area contributed by atoms with E-state index in [0.29, 0.717) is 12.0 Å². The lowest BCUT2D eigenvalue weighted by Gasteiger charge is -2.44. The van der Waals surface area contributed by atoms with Gasteiger partial charge in [-0.1, -0.05) is 19.9 Å². The van der Waals surface area contributed by atoms with Crippen molar-refractivity contribution in [3.8, 4) is 0 Å². The summed E-state index contributed by atoms with van der Waals surface area (Å²) in [5, 5.41) is 0. The van der Waals surface area contributed by atoms with Crippen molar-refractivity contribution in [3.05, 3.63) is 11.6 Å². The fraction of sp³-hybridized carbons (Fsp3) is 0.643. The number of rotatable bonds is 2. The molecule has 0 saturated carbocycles. The summed E-state index contributed by atoms with van der Waals surface area (Å²) in [6.07, 6.45) is 2.52. The quantitative estimate of drug-likeness (QED) is 0.328. The molecule has 2 saturated heterocycles. The molecule has 2 rings (SSSR count). The average Bonchev–Trinajstić information content (AvgIpc) is 2.84. The minimum atomic E-state index is -1.60. The molecule has 0 aliphatic carbocycles. The van der Waals surface area contributed by atoms with Gasteiger partial charge >= 0.3 is 11.9 Å². The summed E-state index contributed by atoms with van der Waals surface area (Å²) in [4.78, 5) is 37.1. The Kier molecular flexibility index (Phi) is 4.92. The zero-order valence-electron chi connectivity index (χ0n) is 12.6. The number of β-lactam (4-membered cyclic amide) rings is 1. The van der Waals surface area contributed by atoms with Gasteiger partial charge in [0.1, 0.15) is 0 Å². The first-order valence-electron chi connectivity index (χ1n) is 6.71. The summed E-state index contributed by atoms with van der Waals surface area (Å²) >= 11 is 0. The van der Waals surface area contributed by atoms with Crippen LogP contribution in [0.15, 0.2) is 11.6 Å². The first kappa shape index (κ1) is 16.2. The molecule has 0 aromatic carbocycles. The van der Waals surface area contributed by atoms with Crippen LogP contribution in [-0.2, 0) is 23.9 Å². The molecule has 6 heteroatoms. The molecule has 2 aliphatic rings. The number of carbonyl (C=O) groups excluding carboxylic acids is 3. The molecule has 20 heavy (non-hydrogen) atoms. The van der Waals surface area contributed by atoms with Crippen molar-refractivity contribution >= 4 is 17.8 Å². The highest BCUT2D eigenvalue weighted by molar-refractivity contribution is 6.14. The lowest BCUT2D eigenvalue weighted by molar-refractivity contribution is -0.177. The molecule has 0 aromatic heterocycles. The monoisotopic (exact) mass is 283 g/mol. The lowest BCUT2D eigenvalue weighted by Crippen LogP contribution is -2.67. The highest BCUT2D eigenvalue weighted by Gasteiger charge is 2.67. The van der Waals surface area contributed by atoms with Gasteiger partial charge < -0.3 is 14.4 Å². The SMILES string of the molecule is C/C=C1/C(=O)N2[C@@H]1CCC2(C(=O)OC)C(=O)OC.CC. The predicted molar refractivity (Wildman–Crippen MR) is 71.7 cm³/mol. The molecular formula is C14H21NO5. The lowest BCUT2D eigenvalue weighted by atomic mass is 9.92. The van der Waals surface area contributed by atoms with E-state index in [9.17, 15) is 14.4 Å². The van der Waals surface area contributed by atoms with Crippen LogP contribution in [-0.4, -0.2) is 48.5 Å². The summed E-state index contributed by atoms with van der Waals surface area (Å²) in [6, 6.07) is -0.180. The van der Waals surface area contributed by atoms with Crippen LogP contribution < -0.4 is 0 Å². The Morgan fingerprint density at radius 2 is 1.75 bits per heavy atom. The van der Waals surface area contributed by atoms with Gasteiger partial charge in [-0.3, -0.25) is 4.79 Å². The van der Waals surface area contributed by atoms with Crippen LogP contribution in [0, 0.1) is 0 Å². The number of hydrogen-bond donors (Lipinski definition) is 0. The molecule has 2 aliphatic heterocycles. The van der Waals surface area contributed by atoms with E-state index in [1.165, 1.54) is 19.1 Å². The molecule has 112 valence electrons. The number of allylic oxidation sites excluding steroid dienone is 1. The molecule has 6 nitrogen and oxygen atoms in total. The highest BCUT2D eigenvalue weighted by Crippen LogP contribution is 2.46. The van der Waals surface area contributed by atoms with Gasteiger partial charge in [0.2, 0.25) is 5.54 Å². The van der Waals surface area contributed by atoms with E-state index >= 15 is 0 Å². The molecule has 0 unspecified atom stereocenters. The Bertz CT molecular complexity index is 438. The van der Waals surface area contributed by atoms with Crippen LogP contribution in [0.25, 0.3) is 0 Å². The van der Waals surface area contributed by atoms with Gasteiger partial charge in [-0.05, 0) is 19.8 Å². The molecule has 0 radical (unpaired) electrons. The van der Waals surface area contributed by atoms with Gasteiger partial charge in [0.15, 0.2) is 0 Å². The highest BCUT2D eigenvalue weighted by atomic mass is 16.5. The van der Waals surface area contributed by atoms with E-state index in [-0.39, 0.29) is 18.4 Å². The molecule has 0 bridgehead atoms. The van der Waals surface area contributed by atoms with Crippen LogP contribution in [0.5, 0.6) is 0 Å². The summed E-state index contributed by atoms with van der Waals surface area (Å²) < 4.78 is 9.35. The van der Waals surface area contributed by atoms with Crippen LogP contribution in [0.3, 0.4) is 0 Å². The number of amides is 1. The molecule has 0 aromatic rings. The number of nitrogens with zero attached hydrogens (tertiary/aromatic N) is 1. The van der Waals surface area contributed by atoms with Crippen molar-refractivity contribution in [2.24, 2.45) is 0 Å². The second kappa shape index (κ2) is 6.07. The largest absolute Gasteiger partial charge is 0.467 e. The molecule has 0 N–H and O–H groups in total. The van der Waals surface area contributed by atoms with Gasteiger partial charge in [0.25, 0.3) is 5.91 Å². The standard InChI is InChI=1S/C12H15NO5.C2H6/c1-4-7-8-5-6-12(10(15)17-2,11(16)18-3)13(8)9(7)14;1-2/h4,8H,5-6H2,1-3H3;1-2H3/b7-4+;/t8-;/m1./s1. The van der Waals surface area contributed by atoms with Crippen molar-refractivity contribution in [1.82, 2.24) is 4.90 Å². The van der Waals surface area contributed by atoms with Crippen LogP contribution in [0.4, 0.5) is 0 Å². The van der Waals surface area contributed by atoms with Crippen molar-refractivity contribution < 1.29 is 23.9 Å². The summed E-state index contributed by atoms with van der Waals surface area (Å²) in [7, 11) is 2.39. The van der Waals surface area contributed by atoms with Crippen molar-refractivity contribution in [3.63, 3.8) is 0 Å². The van der Waals surface area contributed by atoms with Crippen molar-refractivity contribution in [2.45, 2.75) is 45.2 Å². The van der Waals surface area contributed by atoms with Gasteiger partial charge in [-0.2, -0.15) is 0 Å². The summed E-state index contributed by atoms with van der Waals surface area (Å²) in [5.74, 6) is -1.77. The second-order valence-corrected chi connectivity index (χ2v) is 4.32. The fourth-order valence-corrected chi connectivity index (χ4v) is 2.82. The first-order valence-corrected chi connectivity index (χ1v) is 6.71. The number of ether oxygens (including phenoxy) is 2. The Balaban J connectivity index is 0.000000956. The Morgan fingerprint density at radius 3 is 2.15 bits per heavy atom. The topological polar surface area (TPSA) is 72.9 Å². The Labute approximate surface area is 118 Å². The fourth-order valence-electron chi connectivity index (χ4n) is 2.82. The number of methoxy groups -OCH3 is 2. The van der Waals surface area contributed by atoms with Gasteiger partial charge in [0, 0.05) is 5.57 Å². The predicted octanol–water partition coefficient (Wildman–Crippen LogP) is 1.05. The number of carbonyl (C=O) groups is 3. The van der Waals surface area contributed by atoms with Crippen LogP contribution in [0.2, 0.25) is 0 Å². The normalized spacial score (nSPS) is 24.2. The minimum Gasteiger partial charge on any atom is -0.467 e. The van der Waals surface area contributed by atoms with Gasteiger partial charge in [-0.25, -0.2) is 9.59 Å². The van der Waals surface area contributed by atoms with E-state index in [0.717, 1.165) is 0 Å². The van der Waals surface area contributed by atoms with Gasteiger partial charge in [0.05, 0.1) is 20.3 Å². The summed E-state index contributed by atoms with van der Waals surface area (Å²) in [6.45, 7) is 5.76.